The number of benzene rings is 1. The summed E-state index contributed by atoms with van der Waals surface area (Å²) in [4.78, 5) is 1.39. The predicted octanol–water partition coefficient (Wildman–Crippen LogP) is 4.45. The van der Waals surface area contributed by atoms with Crippen LogP contribution in [-0.2, 0) is 12.8 Å². The molecule has 1 unspecified atom stereocenters. The quantitative estimate of drug-likeness (QED) is 0.795. The number of rotatable bonds is 7. The molecule has 1 atom stereocenters. The van der Waals surface area contributed by atoms with Gasteiger partial charge in [-0.2, -0.15) is 0 Å². The van der Waals surface area contributed by atoms with Crippen LogP contribution in [0.15, 0.2) is 40.2 Å². The number of aryl methyl sites for hydroxylation is 1. The number of ether oxygens (including phenoxy) is 1. The predicted molar refractivity (Wildman–Crippen MR) is 87.7 cm³/mol. The molecule has 2 aromatic rings. The van der Waals surface area contributed by atoms with Crippen LogP contribution in [0.1, 0.15) is 23.3 Å². The Labute approximate surface area is 132 Å². The highest BCUT2D eigenvalue weighted by Crippen LogP contribution is 2.24. The van der Waals surface area contributed by atoms with Gasteiger partial charge in [-0.25, -0.2) is 0 Å². The molecule has 0 saturated heterocycles. The van der Waals surface area contributed by atoms with Crippen molar-refractivity contribution in [2.75, 3.05) is 7.11 Å². The average Bonchev–Trinajstić information content (AvgIpc) is 2.94. The van der Waals surface area contributed by atoms with Crippen molar-refractivity contribution >= 4 is 27.3 Å². The molecule has 20 heavy (non-hydrogen) atoms. The molecule has 1 aromatic carbocycles. The van der Waals surface area contributed by atoms with Crippen molar-refractivity contribution in [1.29, 1.82) is 0 Å². The fourth-order valence-corrected chi connectivity index (χ4v) is 3.32. The molecule has 1 heterocycles. The molecule has 0 fully saturated rings. The summed E-state index contributed by atoms with van der Waals surface area (Å²) < 4.78 is 6.24. The van der Waals surface area contributed by atoms with Crippen molar-refractivity contribution < 1.29 is 9.84 Å². The smallest absolute Gasteiger partial charge is 0.119 e. The fraction of sp³-hybridized carbons (Fsp3) is 0.375. The van der Waals surface area contributed by atoms with E-state index in [1.807, 2.05) is 18.2 Å². The molecular weight excluding hydrogens is 336 g/mol. The molecule has 0 spiro atoms. The molecule has 0 aliphatic rings. The van der Waals surface area contributed by atoms with Crippen LogP contribution < -0.4 is 4.74 Å². The minimum absolute atomic E-state index is 0.307. The number of hydrogen-bond donors (Lipinski definition) is 1. The Bertz CT molecular complexity index is 525. The van der Waals surface area contributed by atoms with Gasteiger partial charge in [-0.15, -0.1) is 11.3 Å². The van der Waals surface area contributed by atoms with Gasteiger partial charge < -0.3 is 9.84 Å². The second kappa shape index (κ2) is 7.81. The molecule has 2 rings (SSSR count). The van der Waals surface area contributed by atoms with E-state index in [-0.39, 0.29) is 6.10 Å². The van der Waals surface area contributed by atoms with Gasteiger partial charge in [-0.05, 0) is 60.9 Å². The molecule has 2 nitrogen and oxygen atoms in total. The summed E-state index contributed by atoms with van der Waals surface area (Å²) in [5.41, 5.74) is 1.09. The largest absolute Gasteiger partial charge is 0.497 e. The molecule has 108 valence electrons. The van der Waals surface area contributed by atoms with Crippen LogP contribution in [0.3, 0.4) is 0 Å². The highest BCUT2D eigenvalue weighted by atomic mass is 79.9. The SMILES string of the molecule is COc1ccc(Br)c(CC(O)CCCc2cccs2)c1. The zero-order valence-electron chi connectivity index (χ0n) is 11.5. The van der Waals surface area contributed by atoms with Crippen LogP contribution in [0.4, 0.5) is 0 Å². The highest BCUT2D eigenvalue weighted by Gasteiger charge is 2.09. The first-order valence-electron chi connectivity index (χ1n) is 6.72. The lowest BCUT2D eigenvalue weighted by Crippen LogP contribution is -2.11. The summed E-state index contributed by atoms with van der Waals surface area (Å²) in [5.74, 6) is 0.828. The number of methoxy groups -OCH3 is 1. The molecule has 0 radical (unpaired) electrons. The maximum atomic E-state index is 10.2. The summed E-state index contributed by atoms with van der Waals surface area (Å²) in [6.07, 6.45) is 3.24. The first-order chi connectivity index (χ1) is 9.69. The number of aliphatic hydroxyl groups excluding tert-OH is 1. The van der Waals surface area contributed by atoms with E-state index in [0.29, 0.717) is 6.42 Å². The minimum Gasteiger partial charge on any atom is -0.497 e. The fourth-order valence-electron chi connectivity index (χ4n) is 2.16. The van der Waals surface area contributed by atoms with Crippen molar-refractivity contribution in [3.05, 3.63) is 50.6 Å². The first kappa shape index (κ1) is 15.5. The maximum Gasteiger partial charge on any atom is 0.119 e. The van der Waals surface area contributed by atoms with Gasteiger partial charge in [0.1, 0.15) is 5.75 Å². The second-order valence-electron chi connectivity index (χ2n) is 4.79. The topological polar surface area (TPSA) is 29.5 Å². The van der Waals surface area contributed by atoms with Gasteiger partial charge in [-0.3, -0.25) is 0 Å². The number of aliphatic hydroxyl groups is 1. The van der Waals surface area contributed by atoms with Crippen molar-refractivity contribution in [1.82, 2.24) is 0 Å². The summed E-state index contributed by atoms with van der Waals surface area (Å²) in [6, 6.07) is 10.1. The van der Waals surface area contributed by atoms with E-state index in [4.69, 9.17) is 4.74 Å². The number of halogens is 1. The molecule has 0 amide bonds. The first-order valence-corrected chi connectivity index (χ1v) is 8.39. The van der Waals surface area contributed by atoms with Crippen LogP contribution in [0, 0.1) is 0 Å². The van der Waals surface area contributed by atoms with Gasteiger partial charge in [0.05, 0.1) is 13.2 Å². The molecule has 4 heteroatoms. The molecule has 0 aliphatic carbocycles. The van der Waals surface area contributed by atoms with E-state index >= 15 is 0 Å². The summed E-state index contributed by atoms with van der Waals surface area (Å²) >= 11 is 5.30. The van der Waals surface area contributed by atoms with Gasteiger partial charge in [-0.1, -0.05) is 22.0 Å². The lowest BCUT2D eigenvalue weighted by molar-refractivity contribution is 0.162. The maximum absolute atomic E-state index is 10.2. The average molecular weight is 355 g/mol. The molecule has 1 N–H and O–H groups in total. The Morgan fingerprint density at radius 3 is 2.90 bits per heavy atom. The van der Waals surface area contributed by atoms with Crippen molar-refractivity contribution in [3.8, 4) is 5.75 Å². The van der Waals surface area contributed by atoms with Crippen LogP contribution in [0.2, 0.25) is 0 Å². The summed E-state index contributed by atoms with van der Waals surface area (Å²) in [6.45, 7) is 0. The third-order valence-corrected chi connectivity index (χ3v) is 4.96. The van der Waals surface area contributed by atoms with Crippen LogP contribution in [0.25, 0.3) is 0 Å². The second-order valence-corrected chi connectivity index (χ2v) is 6.67. The number of hydrogen-bond acceptors (Lipinski definition) is 3. The van der Waals surface area contributed by atoms with E-state index in [9.17, 15) is 5.11 Å². The van der Waals surface area contributed by atoms with E-state index < -0.39 is 0 Å². The number of thiophene rings is 1. The Kier molecular flexibility index (Phi) is 6.07. The monoisotopic (exact) mass is 354 g/mol. The van der Waals surface area contributed by atoms with Crippen LogP contribution in [0.5, 0.6) is 5.75 Å². The molecule has 0 saturated carbocycles. The van der Waals surface area contributed by atoms with Crippen LogP contribution in [-0.4, -0.2) is 18.3 Å². The van der Waals surface area contributed by atoms with Crippen molar-refractivity contribution in [3.63, 3.8) is 0 Å². The van der Waals surface area contributed by atoms with E-state index in [1.54, 1.807) is 18.4 Å². The Morgan fingerprint density at radius 2 is 2.20 bits per heavy atom. The summed E-state index contributed by atoms with van der Waals surface area (Å²) in [7, 11) is 1.66. The third kappa shape index (κ3) is 4.62. The molecule has 1 aromatic heterocycles. The van der Waals surface area contributed by atoms with Gasteiger partial charge in [0.2, 0.25) is 0 Å². The molecular formula is C16H19BrO2S. The zero-order chi connectivity index (χ0) is 14.4. The standard InChI is InChI=1S/C16H19BrO2S/c1-19-14-7-8-16(17)12(11-14)10-13(18)4-2-5-15-6-3-9-20-15/h3,6-9,11,13,18H,2,4-5,10H2,1H3. The minimum atomic E-state index is -0.307. The van der Waals surface area contributed by atoms with Gasteiger partial charge in [0.25, 0.3) is 0 Å². The Balaban J connectivity index is 1.83. The molecule has 0 aliphatic heterocycles. The zero-order valence-corrected chi connectivity index (χ0v) is 13.9. The van der Waals surface area contributed by atoms with E-state index in [2.05, 4.69) is 33.4 Å². The van der Waals surface area contributed by atoms with Crippen LogP contribution >= 0.6 is 27.3 Å². The third-order valence-electron chi connectivity index (χ3n) is 3.25. The lowest BCUT2D eigenvalue weighted by Gasteiger charge is -2.12. The molecule has 0 bridgehead atoms. The summed E-state index contributed by atoms with van der Waals surface area (Å²) in [5, 5.41) is 12.3. The normalized spacial score (nSPS) is 12.3. The van der Waals surface area contributed by atoms with Gasteiger partial charge >= 0.3 is 0 Å². The van der Waals surface area contributed by atoms with Crippen molar-refractivity contribution in [2.24, 2.45) is 0 Å². The van der Waals surface area contributed by atoms with E-state index in [0.717, 1.165) is 35.0 Å². The Morgan fingerprint density at radius 1 is 1.35 bits per heavy atom. The van der Waals surface area contributed by atoms with Crippen molar-refractivity contribution in [2.45, 2.75) is 31.8 Å². The lowest BCUT2D eigenvalue weighted by atomic mass is 10.0. The van der Waals surface area contributed by atoms with Gasteiger partial charge in [0.15, 0.2) is 0 Å². The van der Waals surface area contributed by atoms with E-state index in [1.165, 1.54) is 4.88 Å². The highest BCUT2D eigenvalue weighted by molar-refractivity contribution is 9.10. The Hall–Kier alpha value is -0.840. The van der Waals surface area contributed by atoms with Gasteiger partial charge in [0, 0.05) is 9.35 Å².